The van der Waals surface area contributed by atoms with Crippen LogP contribution in [-0.4, -0.2) is 48.7 Å². The third kappa shape index (κ3) is 5.99. The number of nitrogens with zero attached hydrogens (tertiary/aromatic N) is 3. The summed E-state index contributed by atoms with van der Waals surface area (Å²) in [5, 5.41) is 13.6. The van der Waals surface area contributed by atoms with Crippen LogP contribution < -0.4 is 10.6 Å². The Morgan fingerprint density at radius 1 is 1.42 bits per heavy atom. The molecule has 3 rings (SSSR count). The van der Waals surface area contributed by atoms with Crippen LogP contribution in [0.15, 0.2) is 45.5 Å². The summed E-state index contributed by atoms with van der Waals surface area (Å²) in [7, 11) is 0. The van der Waals surface area contributed by atoms with Crippen molar-refractivity contribution in [3.63, 3.8) is 0 Å². The molecule has 4 unspecified atom stereocenters. The molecular formula is C23H34F3N5. The Morgan fingerprint density at radius 2 is 2.23 bits per heavy atom. The molecule has 2 N–H and O–H groups in total. The lowest BCUT2D eigenvalue weighted by molar-refractivity contribution is -0.0947. The van der Waals surface area contributed by atoms with Gasteiger partial charge in [0, 0.05) is 30.7 Å². The lowest BCUT2D eigenvalue weighted by Gasteiger charge is -2.40. The van der Waals surface area contributed by atoms with Gasteiger partial charge in [0.05, 0.1) is 6.54 Å². The SMILES string of the molecule is C/C=C\CC(CC)CNC1CC(=NCC2=C(C(F)(F)F)CCC=C2)NC2C(C)C=NN12. The van der Waals surface area contributed by atoms with E-state index in [0.717, 1.165) is 25.2 Å². The van der Waals surface area contributed by atoms with Gasteiger partial charge in [-0.15, -0.1) is 0 Å². The van der Waals surface area contributed by atoms with E-state index in [0.29, 0.717) is 18.8 Å². The second kappa shape index (κ2) is 10.5. The van der Waals surface area contributed by atoms with Crippen LogP contribution in [0.5, 0.6) is 0 Å². The molecule has 1 fully saturated rings. The summed E-state index contributed by atoms with van der Waals surface area (Å²) in [6.07, 6.45) is 8.35. The van der Waals surface area contributed by atoms with E-state index in [1.165, 1.54) is 0 Å². The molecule has 0 radical (unpaired) electrons. The van der Waals surface area contributed by atoms with Gasteiger partial charge in [-0.05, 0) is 37.7 Å². The zero-order valence-corrected chi connectivity index (χ0v) is 18.6. The Hall–Kier alpha value is -2.09. The summed E-state index contributed by atoms with van der Waals surface area (Å²) in [5.41, 5.74) is -0.174. The fourth-order valence-corrected chi connectivity index (χ4v) is 4.22. The first-order valence-corrected chi connectivity index (χ1v) is 11.3. The van der Waals surface area contributed by atoms with Gasteiger partial charge in [-0.2, -0.15) is 18.3 Å². The smallest absolute Gasteiger partial charge is 0.352 e. The lowest BCUT2D eigenvalue weighted by atomic mass is 9.97. The van der Waals surface area contributed by atoms with E-state index in [1.54, 1.807) is 12.2 Å². The predicted molar refractivity (Wildman–Crippen MR) is 120 cm³/mol. The van der Waals surface area contributed by atoms with Crippen LogP contribution in [0.4, 0.5) is 13.2 Å². The molecule has 5 nitrogen and oxygen atoms in total. The average molecular weight is 438 g/mol. The maximum atomic E-state index is 13.4. The fraction of sp³-hybridized carbons (Fsp3) is 0.652. The maximum Gasteiger partial charge on any atom is 0.413 e. The molecule has 0 aromatic rings. The van der Waals surface area contributed by atoms with Crippen LogP contribution in [0.25, 0.3) is 0 Å². The molecule has 1 aliphatic carbocycles. The zero-order valence-electron chi connectivity index (χ0n) is 18.6. The fourth-order valence-electron chi connectivity index (χ4n) is 4.22. The molecule has 0 aromatic carbocycles. The number of hydrogen-bond donors (Lipinski definition) is 2. The van der Waals surface area contributed by atoms with Gasteiger partial charge in [0.15, 0.2) is 0 Å². The van der Waals surface area contributed by atoms with Crippen molar-refractivity contribution >= 4 is 12.1 Å². The summed E-state index contributed by atoms with van der Waals surface area (Å²) < 4.78 is 40.1. The normalized spacial score (nSPS) is 28.5. The van der Waals surface area contributed by atoms with Crippen molar-refractivity contribution in [3.05, 3.63) is 35.5 Å². The molecule has 0 aromatic heterocycles. The first kappa shape index (κ1) is 23.6. The number of alkyl halides is 3. The second-order valence-corrected chi connectivity index (χ2v) is 8.51. The van der Waals surface area contributed by atoms with Crippen molar-refractivity contribution in [1.29, 1.82) is 0 Å². The van der Waals surface area contributed by atoms with E-state index < -0.39 is 11.7 Å². The largest absolute Gasteiger partial charge is 0.413 e. The second-order valence-electron chi connectivity index (χ2n) is 8.51. The minimum absolute atomic E-state index is 0.0242. The van der Waals surface area contributed by atoms with Crippen LogP contribution in [-0.2, 0) is 0 Å². The molecule has 2 aliphatic heterocycles. The predicted octanol–water partition coefficient (Wildman–Crippen LogP) is 4.76. The Kier molecular flexibility index (Phi) is 7.97. The summed E-state index contributed by atoms with van der Waals surface area (Å²) >= 11 is 0. The number of rotatable bonds is 8. The van der Waals surface area contributed by atoms with Crippen LogP contribution >= 0.6 is 0 Å². The Balaban J connectivity index is 1.71. The van der Waals surface area contributed by atoms with Crippen LogP contribution in [0.1, 0.15) is 52.9 Å². The molecule has 0 bridgehead atoms. The van der Waals surface area contributed by atoms with Gasteiger partial charge in [0.2, 0.25) is 0 Å². The number of allylic oxidation sites excluding steroid dienone is 4. The monoisotopic (exact) mass is 437 g/mol. The Morgan fingerprint density at radius 3 is 2.94 bits per heavy atom. The van der Waals surface area contributed by atoms with Gasteiger partial charge in [-0.1, -0.05) is 44.6 Å². The van der Waals surface area contributed by atoms with E-state index in [-0.39, 0.29) is 36.8 Å². The Labute approximate surface area is 183 Å². The highest BCUT2D eigenvalue weighted by molar-refractivity contribution is 5.85. The minimum Gasteiger partial charge on any atom is -0.352 e. The standard InChI is InChI=1S/C23H34F3N5/c1-4-6-9-17(5-2)14-28-21-12-20(30-22-16(3)13-29-31(21)22)27-15-18-10-7-8-11-19(18)23(24,25)26/h4,6-7,10,13,16-17,21-22,28H,5,8-9,11-12,14-15H2,1-3H3,(H,27,30)/b6-4-. The highest BCUT2D eigenvalue weighted by Gasteiger charge is 2.39. The molecule has 0 saturated carbocycles. The average Bonchev–Trinajstić information content (AvgIpc) is 3.12. The topological polar surface area (TPSA) is 52.0 Å². The first-order valence-electron chi connectivity index (χ1n) is 11.3. The summed E-state index contributed by atoms with van der Waals surface area (Å²) in [6, 6.07) is 0. The van der Waals surface area contributed by atoms with Gasteiger partial charge in [-0.3, -0.25) is 15.3 Å². The number of aliphatic imine (C=N–C) groups is 1. The summed E-state index contributed by atoms with van der Waals surface area (Å²) in [5.74, 6) is 1.46. The van der Waals surface area contributed by atoms with Crippen LogP contribution in [0.2, 0.25) is 0 Å². The molecular weight excluding hydrogens is 403 g/mol. The first-order chi connectivity index (χ1) is 14.8. The lowest BCUT2D eigenvalue weighted by Crippen LogP contribution is -2.61. The number of halogens is 3. The van der Waals surface area contributed by atoms with Crippen molar-refractivity contribution in [2.75, 3.05) is 13.1 Å². The number of fused-ring (bicyclic) bond motifs is 1. The number of amidine groups is 1. The summed E-state index contributed by atoms with van der Waals surface area (Å²) in [4.78, 5) is 4.58. The van der Waals surface area contributed by atoms with E-state index in [4.69, 9.17) is 0 Å². The Bertz CT molecular complexity index is 766. The van der Waals surface area contributed by atoms with Gasteiger partial charge >= 0.3 is 6.18 Å². The molecule has 2 heterocycles. The molecule has 1 saturated heterocycles. The molecule has 0 amide bonds. The molecule has 8 heteroatoms. The van der Waals surface area contributed by atoms with E-state index in [2.05, 4.69) is 46.7 Å². The third-order valence-corrected chi connectivity index (χ3v) is 6.21. The van der Waals surface area contributed by atoms with Crippen molar-refractivity contribution < 1.29 is 13.2 Å². The summed E-state index contributed by atoms with van der Waals surface area (Å²) in [6.45, 7) is 7.20. The zero-order chi connectivity index (χ0) is 22.4. The van der Waals surface area contributed by atoms with Gasteiger partial charge in [0.1, 0.15) is 18.2 Å². The van der Waals surface area contributed by atoms with E-state index in [9.17, 15) is 13.2 Å². The van der Waals surface area contributed by atoms with E-state index >= 15 is 0 Å². The maximum absolute atomic E-state index is 13.4. The minimum atomic E-state index is -4.29. The third-order valence-electron chi connectivity index (χ3n) is 6.21. The quantitative estimate of drug-likeness (QED) is 0.539. The molecule has 31 heavy (non-hydrogen) atoms. The number of hydrazone groups is 1. The molecule has 3 aliphatic rings. The van der Waals surface area contributed by atoms with Gasteiger partial charge in [0.25, 0.3) is 0 Å². The number of nitrogens with one attached hydrogen (secondary N) is 2. The van der Waals surface area contributed by atoms with E-state index in [1.807, 2.05) is 18.1 Å². The van der Waals surface area contributed by atoms with Crippen molar-refractivity contribution in [3.8, 4) is 0 Å². The van der Waals surface area contributed by atoms with Gasteiger partial charge in [-0.25, -0.2) is 0 Å². The van der Waals surface area contributed by atoms with Gasteiger partial charge < -0.3 is 5.32 Å². The molecule has 4 atom stereocenters. The molecule has 0 spiro atoms. The number of hydrogen-bond acceptors (Lipinski definition) is 4. The van der Waals surface area contributed by atoms with Crippen LogP contribution in [0.3, 0.4) is 0 Å². The van der Waals surface area contributed by atoms with Crippen molar-refractivity contribution in [1.82, 2.24) is 15.6 Å². The molecule has 172 valence electrons. The highest BCUT2D eigenvalue weighted by atomic mass is 19.4. The van der Waals surface area contributed by atoms with Crippen LogP contribution in [0, 0.1) is 11.8 Å². The highest BCUT2D eigenvalue weighted by Crippen LogP contribution is 2.34. The van der Waals surface area contributed by atoms with Crippen molar-refractivity contribution in [2.45, 2.75) is 71.4 Å². The van der Waals surface area contributed by atoms with Crippen molar-refractivity contribution in [2.24, 2.45) is 21.9 Å².